The number of nitrogens with zero attached hydrogens (tertiary/aromatic N) is 2. The first-order chi connectivity index (χ1) is 7.25. The number of nitrogens with one attached hydrogen (secondary N) is 1. The maximum absolute atomic E-state index is 5.67. The molecular weight excluding hydrogens is 190 g/mol. The standard InChI is InChI=1S/C11H19N3O/c1-9(2)10-7-13-11(15-10)8-14-5-3-12-4-6-14/h7,9,12H,3-6,8H2,1-2H3. The minimum absolute atomic E-state index is 0.425. The molecular formula is C11H19N3O. The number of piperazine rings is 1. The van der Waals surface area contributed by atoms with Gasteiger partial charge in [0.15, 0.2) is 0 Å². The van der Waals surface area contributed by atoms with Crippen molar-refractivity contribution in [2.75, 3.05) is 26.2 Å². The highest BCUT2D eigenvalue weighted by Crippen LogP contribution is 2.16. The van der Waals surface area contributed by atoms with E-state index in [0.717, 1.165) is 44.4 Å². The molecule has 1 N–H and O–H groups in total. The minimum Gasteiger partial charge on any atom is -0.444 e. The Kier molecular flexibility index (Phi) is 3.38. The molecule has 1 aromatic heterocycles. The molecule has 0 amide bonds. The van der Waals surface area contributed by atoms with Gasteiger partial charge in [-0.25, -0.2) is 4.98 Å². The fourth-order valence-corrected chi connectivity index (χ4v) is 1.72. The van der Waals surface area contributed by atoms with Gasteiger partial charge in [-0.15, -0.1) is 0 Å². The highest BCUT2D eigenvalue weighted by Gasteiger charge is 2.13. The van der Waals surface area contributed by atoms with E-state index in [1.165, 1.54) is 0 Å². The number of aromatic nitrogens is 1. The second-order valence-corrected chi connectivity index (χ2v) is 4.34. The Bertz CT molecular complexity index is 303. The van der Waals surface area contributed by atoms with Crippen LogP contribution in [-0.2, 0) is 6.54 Å². The van der Waals surface area contributed by atoms with Crippen molar-refractivity contribution in [2.45, 2.75) is 26.3 Å². The normalized spacial score (nSPS) is 18.6. The van der Waals surface area contributed by atoms with Crippen LogP contribution in [0.4, 0.5) is 0 Å². The minimum atomic E-state index is 0.425. The fourth-order valence-electron chi connectivity index (χ4n) is 1.72. The zero-order valence-electron chi connectivity index (χ0n) is 9.49. The average Bonchev–Trinajstić information content (AvgIpc) is 2.68. The van der Waals surface area contributed by atoms with Crippen LogP contribution in [0.2, 0.25) is 0 Å². The molecule has 84 valence electrons. The topological polar surface area (TPSA) is 41.3 Å². The molecule has 0 aliphatic carbocycles. The summed E-state index contributed by atoms with van der Waals surface area (Å²) < 4.78 is 5.67. The third-order valence-corrected chi connectivity index (χ3v) is 2.71. The lowest BCUT2D eigenvalue weighted by Gasteiger charge is -2.25. The summed E-state index contributed by atoms with van der Waals surface area (Å²) in [7, 11) is 0. The van der Waals surface area contributed by atoms with Gasteiger partial charge in [-0.3, -0.25) is 4.90 Å². The highest BCUT2D eigenvalue weighted by molar-refractivity contribution is 4.99. The Morgan fingerprint density at radius 2 is 2.20 bits per heavy atom. The maximum atomic E-state index is 5.67. The lowest BCUT2D eigenvalue weighted by atomic mass is 10.2. The van der Waals surface area contributed by atoms with E-state index in [-0.39, 0.29) is 0 Å². The van der Waals surface area contributed by atoms with Gasteiger partial charge in [-0.2, -0.15) is 0 Å². The van der Waals surface area contributed by atoms with Crippen LogP contribution in [0.15, 0.2) is 10.6 Å². The first kappa shape index (κ1) is 10.6. The van der Waals surface area contributed by atoms with E-state index in [0.29, 0.717) is 5.92 Å². The van der Waals surface area contributed by atoms with Crippen LogP contribution in [0.5, 0.6) is 0 Å². The number of rotatable bonds is 3. The third kappa shape index (κ3) is 2.79. The SMILES string of the molecule is CC(C)c1cnc(CN2CCNCC2)o1. The molecule has 2 rings (SSSR count). The van der Waals surface area contributed by atoms with Crippen molar-refractivity contribution in [3.8, 4) is 0 Å². The predicted octanol–water partition coefficient (Wildman–Crippen LogP) is 1.20. The zero-order chi connectivity index (χ0) is 10.7. The van der Waals surface area contributed by atoms with Crippen LogP contribution in [0.25, 0.3) is 0 Å². The monoisotopic (exact) mass is 209 g/mol. The van der Waals surface area contributed by atoms with Gasteiger partial charge < -0.3 is 9.73 Å². The first-order valence-corrected chi connectivity index (χ1v) is 5.63. The largest absolute Gasteiger partial charge is 0.444 e. The Morgan fingerprint density at radius 3 is 2.80 bits per heavy atom. The Hall–Kier alpha value is -0.870. The van der Waals surface area contributed by atoms with Crippen molar-refractivity contribution in [3.63, 3.8) is 0 Å². The molecule has 0 bridgehead atoms. The molecule has 0 radical (unpaired) electrons. The van der Waals surface area contributed by atoms with Gasteiger partial charge >= 0.3 is 0 Å². The van der Waals surface area contributed by atoms with E-state index < -0.39 is 0 Å². The van der Waals surface area contributed by atoms with Crippen molar-refractivity contribution >= 4 is 0 Å². The van der Waals surface area contributed by atoms with Crippen LogP contribution in [0, 0.1) is 0 Å². The van der Waals surface area contributed by atoms with Gasteiger partial charge in [0, 0.05) is 32.1 Å². The molecule has 2 heterocycles. The first-order valence-electron chi connectivity index (χ1n) is 5.63. The van der Waals surface area contributed by atoms with Crippen molar-refractivity contribution in [1.29, 1.82) is 0 Å². The van der Waals surface area contributed by atoms with Crippen molar-refractivity contribution in [1.82, 2.24) is 15.2 Å². The quantitative estimate of drug-likeness (QED) is 0.812. The van der Waals surface area contributed by atoms with E-state index in [9.17, 15) is 0 Å². The Labute approximate surface area is 90.7 Å². The Morgan fingerprint density at radius 1 is 1.47 bits per heavy atom. The molecule has 1 saturated heterocycles. The number of oxazole rings is 1. The molecule has 1 aliphatic heterocycles. The van der Waals surface area contributed by atoms with E-state index in [1.54, 1.807) is 0 Å². The lowest BCUT2D eigenvalue weighted by molar-refractivity contribution is 0.210. The molecule has 15 heavy (non-hydrogen) atoms. The van der Waals surface area contributed by atoms with Crippen LogP contribution in [-0.4, -0.2) is 36.1 Å². The Balaban J connectivity index is 1.91. The van der Waals surface area contributed by atoms with Crippen LogP contribution < -0.4 is 5.32 Å². The van der Waals surface area contributed by atoms with Gasteiger partial charge in [-0.05, 0) is 0 Å². The van der Waals surface area contributed by atoms with Crippen LogP contribution in [0.3, 0.4) is 0 Å². The second kappa shape index (κ2) is 4.77. The molecule has 1 fully saturated rings. The van der Waals surface area contributed by atoms with Crippen molar-refractivity contribution in [3.05, 3.63) is 17.8 Å². The molecule has 0 saturated carbocycles. The summed E-state index contributed by atoms with van der Waals surface area (Å²) in [6.07, 6.45) is 1.85. The number of hydrogen-bond donors (Lipinski definition) is 1. The molecule has 1 aromatic rings. The molecule has 0 spiro atoms. The van der Waals surface area contributed by atoms with E-state index in [2.05, 4.69) is 29.0 Å². The summed E-state index contributed by atoms with van der Waals surface area (Å²) >= 11 is 0. The van der Waals surface area contributed by atoms with Gasteiger partial charge in [0.05, 0.1) is 12.7 Å². The van der Waals surface area contributed by atoms with Crippen LogP contribution >= 0.6 is 0 Å². The van der Waals surface area contributed by atoms with E-state index in [1.807, 2.05) is 6.20 Å². The molecule has 0 unspecified atom stereocenters. The van der Waals surface area contributed by atoms with Gasteiger partial charge in [0.25, 0.3) is 0 Å². The summed E-state index contributed by atoms with van der Waals surface area (Å²) in [5.74, 6) is 2.26. The summed E-state index contributed by atoms with van der Waals surface area (Å²) in [5.41, 5.74) is 0. The average molecular weight is 209 g/mol. The van der Waals surface area contributed by atoms with E-state index >= 15 is 0 Å². The van der Waals surface area contributed by atoms with Gasteiger partial charge in [0.1, 0.15) is 5.76 Å². The fraction of sp³-hybridized carbons (Fsp3) is 0.727. The number of hydrogen-bond acceptors (Lipinski definition) is 4. The predicted molar refractivity (Wildman–Crippen MR) is 58.7 cm³/mol. The maximum Gasteiger partial charge on any atom is 0.208 e. The molecule has 0 atom stereocenters. The smallest absolute Gasteiger partial charge is 0.208 e. The summed E-state index contributed by atoms with van der Waals surface area (Å²) in [5, 5.41) is 3.33. The lowest BCUT2D eigenvalue weighted by Crippen LogP contribution is -2.42. The molecule has 4 heteroatoms. The summed E-state index contributed by atoms with van der Waals surface area (Å²) in [6.45, 7) is 9.38. The van der Waals surface area contributed by atoms with Gasteiger partial charge in [-0.1, -0.05) is 13.8 Å². The van der Waals surface area contributed by atoms with Gasteiger partial charge in [0.2, 0.25) is 5.89 Å². The second-order valence-electron chi connectivity index (χ2n) is 4.34. The van der Waals surface area contributed by atoms with Crippen LogP contribution in [0.1, 0.15) is 31.4 Å². The zero-order valence-corrected chi connectivity index (χ0v) is 9.49. The highest BCUT2D eigenvalue weighted by atomic mass is 16.4. The van der Waals surface area contributed by atoms with Crippen molar-refractivity contribution in [2.24, 2.45) is 0 Å². The summed E-state index contributed by atoms with van der Waals surface area (Å²) in [4.78, 5) is 6.67. The van der Waals surface area contributed by atoms with E-state index in [4.69, 9.17) is 4.42 Å². The third-order valence-electron chi connectivity index (χ3n) is 2.71. The molecule has 4 nitrogen and oxygen atoms in total. The molecule has 0 aromatic carbocycles. The van der Waals surface area contributed by atoms with Crippen molar-refractivity contribution < 1.29 is 4.42 Å². The molecule has 1 aliphatic rings. The summed E-state index contributed by atoms with van der Waals surface area (Å²) in [6, 6.07) is 0.